The quantitative estimate of drug-likeness (QED) is 0.748. The largest absolute Gasteiger partial charge is 0.397 e. The second-order valence-electron chi connectivity index (χ2n) is 4.93. The average molecular weight is 249 g/mol. The minimum atomic E-state index is -0.474. The lowest BCUT2D eigenvalue weighted by Crippen LogP contribution is -2.52. The van der Waals surface area contributed by atoms with Crippen LogP contribution >= 0.6 is 0 Å². The van der Waals surface area contributed by atoms with Gasteiger partial charge in [0.25, 0.3) is 5.91 Å². The van der Waals surface area contributed by atoms with Crippen LogP contribution in [-0.4, -0.2) is 28.1 Å². The highest BCUT2D eigenvalue weighted by atomic mass is 16.3. The smallest absolute Gasteiger partial charge is 0.270 e. The zero-order valence-corrected chi connectivity index (χ0v) is 10.4. The molecule has 0 radical (unpaired) electrons. The van der Waals surface area contributed by atoms with Gasteiger partial charge in [-0.3, -0.25) is 4.79 Å². The molecule has 1 aromatic heterocycles. The number of aromatic nitrogens is 1. The van der Waals surface area contributed by atoms with Gasteiger partial charge in [-0.1, -0.05) is 19.3 Å². The molecule has 1 aromatic rings. The molecule has 0 unspecified atom stereocenters. The number of nitrogens with one attached hydrogen (secondary N) is 1. The SMILES string of the molecule is Nc1ccc(C(=O)NC2(CO)CCCCC2)nc1. The van der Waals surface area contributed by atoms with Crippen LogP contribution in [-0.2, 0) is 0 Å². The number of amides is 1. The Labute approximate surface area is 106 Å². The van der Waals surface area contributed by atoms with Gasteiger partial charge in [-0.15, -0.1) is 0 Å². The van der Waals surface area contributed by atoms with Crippen LogP contribution in [0.3, 0.4) is 0 Å². The van der Waals surface area contributed by atoms with Crippen LogP contribution in [0.5, 0.6) is 0 Å². The van der Waals surface area contributed by atoms with Crippen LogP contribution in [0.1, 0.15) is 42.6 Å². The number of hydrogen-bond acceptors (Lipinski definition) is 4. The molecule has 1 saturated carbocycles. The summed E-state index contributed by atoms with van der Waals surface area (Å²) < 4.78 is 0. The molecule has 1 aliphatic carbocycles. The van der Waals surface area contributed by atoms with Gasteiger partial charge in [0.2, 0.25) is 0 Å². The van der Waals surface area contributed by atoms with Gasteiger partial charge in [0.1, 0.15) is 5.69 Å². The summed E-state index contributed by atoms with van der Waals surface area (Å²) in [4.78, 5) is 16.1. The van der Waals surface area contributed by atoms with Gasteiger partial charge in [0.05, 0.1) is 24.0 Å². The Hall–Kier alpha value is -1.62. The fourth-order valence-electron chi connectivity index (χ4n) is 2.40. The van der Waals surface area contributed by atoms with E-state index in [1.54, 1.807) is 12.1 Å². The van der Waals surface area contributed by atoms with Crippen LogP contribution in [0.25, 0.3) is 0 Å². The summed E-state index contributed by atoms with van der Waals surface area (Å²) >= 11 is 0. The molecular weight excluding hydrogens is 230 g/mol. The molecule has 0 aliphatic heterocycles. The van der Waals surface area contributed by atoms with E-state index < -0.39 is 5.54 Å². The van der Waals surface area contributed by atoms with Crippen LogP contribution in [0, 0.1) is 0 Å². The van der Waals surface area contributed by atoms with Gasteiger partial charge in [0, 0.05) is 0 Å². The Kier molecular flexibility index (Phi) is 3.81. The number of nitrogen functional groups attached to an aromatic ring is 1. The molecule has 1 amide bonds. The molecule has 18 heavy (non-hydrogen) atoms. The summed E-state index contributed by atoms with van der Waals surface area (Å²) in [6.07, 6.45) is 6.35. The van der Waals surface area contributed by atoms with Gasteiger partial charge in [0.15, 0.2) is 0 Å². The Morgan fingerprint density at radius 1 is 1.39 bits per heavy atom. The molecule has 0 bridgehead atoms. The number of pyridine rings is 1. The molecule has 0 spiro atoms. The Bertz CT molecular complexity index is 411. The molecule has 4 N–H and O–H groups in total. The molecule has 1 fully saturated rings. The summed E-state index contributed by atoms with van der Waals surface area (Å²) in [7, 11) is 0. The van der Waals surface area contributed by atoms with Crippen LogP contribution in [0.15, 0.2) is 18.3 Å². The van der Waals surface area contributed by atoms with Crippen molar-refractivity contribution in [2.24, 2.45) is 0 Å². The summed E-state index contributed by atoms with van der Waals surface area (Å²) in [5.74, 6) is -0.244. The van der Waals surface area contributed by atoms with Crippen molar-refractivity contribution in [2.45, 2.75) is 37.6 Å². The van der Waals surface area contributed by atoms with E-state index in [1.165, 1.54) is 6.20 Å². The van der Waals surface area contributed by atoms with Crippen molar-refractivity contribution in [1.82, 2.24) is 10.3 Å². The number of anilines is 1. The second-order valence-corrected chi connectivity index (χ2v) is 4.93. The van der Waals surface area contributed by atoms with Gasteiger partial charge in [-0.05, 0) is 25.0 Å². The van der Waals surface area contributed by atoms with Crippen LogP contribution in [0.4, 0.5) is 5.69 Å². The van der Waals surface area contributed by atoms with E-state index in [0.717, 1.165) is 32.1 Å². The van der Waals surface area contributed by atoms with Gasteiger partial charge < -0.3 is 16.2 Å². The van der Waals surface area contributed by atoms with Crippen molar-refractivity contribution in [3.8, 4) is 0 Å². The average Bonchev–Trinajstić information content (AvgIpc) is 2.40. The Balaban J connectivity index is 2.07. The van der Waals surface area contributed by atoms with E-state index in [9.17, 15) is 9.90 Å². The first-order valence-corrected chi connectivity index (χ1v) is 6.30. The fraction of sp³-hybridized carbons (Fsp3) is 0.538. The Morgan fingerprint density at radius 2 is 2.11 bits per heavy atom. The molecule has 1 aliphatic rings. The molecule has 2 rings (SSSR count). The summed E-state index contributed by atoms with van der Waals surface area (Å²) in [6.45, 7) is -0.0201. The third-order valence-electron chi connectivity index (χ3n) is 3.51. The second kappa shape index (κ2) is 5.35. The predicted molar refractivity (Wildman–Crippen MR) is 69.0 cm³/mol. The minimum absolute atomic E-state index is 0.0201. The first-order valence-electron chi connectivity index (χ1n) is 6.30. The van der Waals surface area contributed by atoms with Crippen molar-refractivity contribution in [2.75, 3.05) is 12.3 Å². The monoisotopic (exact) mass is 249 g/mol. The molecule has 1 heterocycles. The number of carbonyl (C=O) groups excluding carboxylic acids is 1. The summed E-state index contributed by atoms with van der Waals surface area (Å²) in [5, 5.41) is 12.5. The number of aliphatic hydroxyl groups excluding tert-OH is 1. The van der Waals surface area contributed by atoms with Crippen molar-refractivity contribution >= 4 is 11.6 Å². The van der Waals surface area contributed by atoms with E-state index in [0.29, 0.717) is 11.4 Å². The zero-order chi connectivity index (χ0) is 13.0. The third kappa shape index (κ3) is 2.79. The van der Waals surface area contributed by atoms with Crippen molar-refractivity contribution < 1.29 is 9.90 Å². The molecule has 5 nitrogen and oxygen atoms in total. The first kappa shape index (κ1) is 12.8. The highest BCUT2D eigenvalue weighted by Crippen LogP contribution is 2.27. The van der Waals surface area contributed by atoms with E-state index >= 15 is 0 Å². The van der Waals surface area contributed by atoms with E-state index in [1.807, 2.05) is 0 Å². The molecule has 0 saturated heterocycles. The third-order valence-corrected chi connectivity index (χ3v) is 3.51. The number of hydrogen-bond donors (Lipinski definition) is 3. The summed E-state index contributed by atoms with van der Waals surface area (Å²) in [6, 6.07) is 3.24. The van der Waals surface area contributed by atoms with Crippen molar-refractivity contribution in [3.05, 3.63) is 24.0 Å². The molecule has 98 valence electrons. The normalized spacial score (nSPS) is 18.3. The number of nitrogens with zero attached hydrogens (tertiary/aromatic N) is 1. The number of nitrogens with two attached hydrogens (primary N) is 1. The number of carbonyl (C=O) groups is 1. The maximum atomic E-state index is 12.1. The van der Waals surface area contributed by atoms with Gasteiger partial charge >= 0.3 is 0 Å². The lowest BCUT2D eigenvalue weighted by atomic mass is 9.82. The van der Waals surface area contributed by atoms with Gasteiger partial charge in [-0.25, -0.2) is 4.98 Å². The predicted octanol–water partition coefficient (Wildman–Crippen LogP) is 1.09. The number of rotatable bonds is 3. The van der Waals surface area contributed by atoms with Crippen molar-refractivity contribution in [1.29, 1.82) is 0 Å². The first-order chi connectivity index (χ1) is 8.65. The molecular formula is C13H19N3O2. The van der Waals surface area contributed by atoms with E-state index in [4.69, 9.17) is 5.73 Å². The summed E-state index contributed by atoms with van der Waals surface area (Å²) in [5.41, 5.74) is 5.92. The Morgan fingerprint density at radius 3 is 2.67 bits per heavy atom. The van der Waals surface area contributed by atoms with Crippen LogP contribution in [0.2, 0.25) is 0 Å². The highest BCUT2D eigenvalue weighted by molar-refractivity contribution is 5.93. The fourth-order valence-corrected chi connectivity index (χ4v) is 2.40. The number of aliphatic hydroxyl groups is 1. The highest BCUT2D eigenvalue weighted by Gasteiger charge is 2.33. The van der Waals surface area contributed by atoms with Crippen molar-refractivity contribution in [3.63, 3.8) is 0 Å². The molecule has 0 atom stereocenters. The maximum absolute atomic E-state index is 12.1. The maximum Gasteiger partial charge on any atom is 0.270 e. The van der Waals surface area contributed by atoms with E-state index in [2.05, 4.69) is 10.3 Å². The molecule has 0 aromatic carbocycles. The van der Waals surface area contributed by atoms with Gasteiger partial charge in [-0.2, -0.15) is 0 Å². The zero-order valence-electron chi connectivity index (χ0n) is 10.4. The molecule has 5 heteroatoms. The minimum Gasteiger partial charge on any atom is -0.397 e. The lowest BCUT2D eigenvalue weighted by Gasteiger charge is -2.36. The lowest BCUT2D eigenvalue weighted by molar-refractivity contribution is 0.0754. The standard InChI is InChI=1S/C13H19N3O2/c14-10-4-5-11(15-8-10)12(18)16-13(9-17)6-2-1-3-7-13/h4-5,8,17H,1-3,6-7,9,14H2,(H,16,18). The van der Waals surface area contributed by atoms with Crippen LogP contribution < -0.4 is 11.1 Å². The van der Waals surface area contributed by atoms with E-state index in [-0.39, 0.29) is 12.5 Å². The topological polar surface area (TPSA) is 88.2 Å².